The van der Waals surface area contributed by atoms with Gasteiger partial charge in [-0.1, -0.05) is 30.0 Å². The predicted octanol–water partition coefficient (Wildman–Crippen LogP) is 1.57. The van der Waals surface area contributed by atoms with Gasteiger partial charge < -0.3 is 15.1 Å². The second-order valence-corrected chi connectivity index (χ2v) is 4.43. The van der Waals surface area contributed by atoms with E-state index >= 15 is 0 Å². The van der Waals surface area contributed by atoms with E-state index in [1.807, 2.05) is 30.3 Å². The number of furan rings is 1. The van der Waals surface area contributed by atoms with E-state index in [0.717, 1.165) is 5.56 Å². The number of carbonyl (C=O) groups is 2. The van der Waals surface area contributed by atoms with Gasteiger partial charge in [0.15, 0.2) is 5.76 Å². The average Bonchev–Trinajstić information content (AvgIpc) is 3.07. The van der Waals surface area contributed by atoms with E-state index in [1.54, 1.807) is 12.1 Å². The lowest BCUT2D eigenvalue weighted by atomic mass is 10.2. The van der Waals surface area contributed by atoms with Crippen LogP contribution in [0.25, 0.3) is 0 Å². The Morgan fingerprint density at radius 1 is 1.05 bits per heavy atom. The number of rotatable bonds is 5. The maximum Gasteiger partial charge on any atom is 0.286 e. The summed E-state index contributed by atoms with van der Waals surface area (Å²) in [6.45, 7) is 0.525. The predicted molar refractivity (Wildman–Crippen MR) is 82.0 cm³/mol. The summed E-state index contributed by atoms with van der Waals surface area (Å²) in [5.74, 6) is 5.55. The van der Waals surface area contributed by atoms with Crippen LogP contribution in [-0.4, -0.2) is 24.9 Å². The third-order valence-corrected chi connectivity index (χ3v) is 2.76. The lowest BCUT2D eigenvalue weighted by molar-refractivity contribution is -0.120. The van der Waals surface area contributed by atoms with Crippen molar-refractivity contribution in [2.45, 2.75) is 6.42 Å². The molecule has 0 atom stereocenters. The first-order valence-corrected chi connectivity index (χ1v) is 6.88. The Bertz CT molecular complexity index is 667. The molecule has 1 aromatic carbocycles. The molecule has 0 aliphatic carbocycles. The molecule has 0 aliphatic rings. The SMILES string of the molecule is O=C(CCNC(=O)c1ccco1)NCC#Cc1ccccc1. The molecule has 2 N–H and O–H groups in total. The van der Waals surface area contributed by atoms with E-state index in [0.29, 0.717) is 0 Å². The van der Waals surface area contributed by atoms with Crippen molar-refractivity contribution in [3.05, 3.63) is 60.1 Å². The summed E-state index contributed by atoms with van der Waals surface area (Å²) in [5, 5.41) is 5.28. The fraction of sp³-hybridized carbons (Fsp3) is 0.176. The molecule has 0 radical (unpaired) electrons. The van der Waals surface area contributed by atoms with Crippen LogP contribution >= 0.6 is 0 Å². The summed E-state index contributed by atoms with van der Waals surface area (Å²) in [5.41, 5.74) is 0.905. The zero-order valence-electron chi connectivity index (χ0n) is 12.0. The van der Waals surface area contributed by atoms with Gasteiger partial charge in [0.25, 0.3) is 5.91 Å². The monoisotopic (exact) mass is 296 g/mol. The van der Waals surface area contributed by atoms with Crippen LogP contribution in [-0.2, 0) is 4.79 Å². The van der Waals surface area contributed by atoms with Gasteiger partial charge in [0.2, 0.25) is 5.91 Å². The molecule has 0 unspecified atom stereocenters. The molecule has 5 nitrogen and oxygen atoms in total. The molecule has 112 valence electrons. The van der Waals surface area contributed by atoms with Crippen molar-refractivity contribution in [1.29, 1.82) is 0 Å². The maximum atomic E-state index is 11.6. The number of carbonyl (C=O) groups excluding carboxylic acids is 2. The van der Waals surface area contributed by atoms with Gasteiger partial charge in [-0.2, -0.15) is 0 Å². The van der Waals surface area contributed by atoms with Crippen molar-refractivity contribution in [2.24, 2.45) is 0 Å². The zero-order chi connectivity index (χ0) is 15.6. The molecule has 22 heavy (non-hydrogen) atoms. The van der Waals surface area contributed by atoms with Crippen LogP contribution in [0.15, 0.2) is 53.1 Å². The molecule has 0 saturated carbocycles. The van der Waals surface area contributed by atoms with Crippen molar-refractivity contribution in [3.63, 3.8) is 0 Å². The number of hydrogen-bond acceptors (Lipinski definition) is 3. The summed E-state index contributed by atoms with van der Waals surface area (Å²) in [4.78, 5) is 23.1. The van der Waals surface area contributed by atoms with Crippen LogP contribution in [0.1, 0.15) is 22.5 Å². The molecule has 0 aliphatic heterocycles. The van der Waals surface area contributed by atoms with Crippen molar-refractivity contribution in [3.8, 4) is 11.8 Å². The largest absolute Gasteiger partial charge is 0.459 e. The number of hydrogen-bond donors (Lipinski definition) is 2. The van der Waals surface area contributed by atoms with Gasteiger partial charge in [-0.3, -0.25) is 9.59 Å². The molecular weight excluding hydrogens is 280 g/mol. The van der Waals surface area contributed by atoms with Crippen LogP contribution in [0.4, 0.5) is 0 Å². The van der Waals surface area contributed by atoms with Gasteiger partial charge in [-0.05, 0) is 24.3 Å². The first-order chi connectivity index (χ1) is 10.8. The topological polar surface area (TPSA) is 71.3 Å². The molecule has 0 bridgehead atoms. The second-order valence-electron chi connectivity index (χ2n) is 4.43. The molecule has 0 spiro atoms. The Balaban J connectivity index is 1.62. The Morgan fingerprint density at radius 3 is 2.59 bits per heavy atom. The fourth-order valence-electron chi connectivity index (χ4n) is 1.68. The minimum atomic E-state index is -0.332. The molecule has 2 rings (SSSR count). The minimum Gasteiger partial charge on any atom is -0.459 e. The van der Waals surface area contributed by atoms with Gasteiger partial charge >= 0.3 is 0 Å². The van der Waals surface area contributed by atoms with Crippen LogP contribution in [0.5, 0.6) is 0 Å². The van der Waals surface area contributed by atoms with E-state index in [4.69, 9.17) is 4.42 Å². The molecule has 5 heteroatoms. The highest BCUT2D eigenvalue weighted by Crippen LogP contribution is 1.98. The standard InChI is InChI=1S/C17H16N2O3/c20-16(10-12-19-17(21)15-9-5-13-22-15)18-11-4-8-14-6-2-1-3-7-14/h1-3,5-7,9,13H,10-12H2,(H,18,20)(H,19,21). The van der Waals surface area contributed by atoms with Crippen LogP contribution in [0.2, 0.25) is 0 Å². The zero-order valence-corrected chi connectivity index (χ0v) is 12.0. The van der Waals surface area contributed by atoms with Crippen molar-refractivity contribution >= 4 is 11.8 Å². The summed E-state index contributed by atoms with van der Waals surface area (Å²) in [6, 6.07) is 12.7. The molecule has 1 aromatic heterocycles. The van der Waals surface area contributed by atoms with Gasteiger partial charge in [0.05, 0.1) is 12.8 Å². The highest BCUT2D eigenvalue weighted by atomic mass is 16.3. The Morgan fingerprint density at radius 2 is 1.86 bits per heavy atom. The van der Waals surface area contributed by atoms with Crippen LogP contribution < -0.4 is 10.6 Å². The fourth-order valence-corrected chi connectivity index (χ4v) is 1.68. The smallest absolute Gasteiger partial charge is 0.286 e. The van der Waals surface area contributed by atoms with Gasteiger partial charge in [0.1, 0.15) is 0 Å². The summed E-state index contributed by atoms with van der Waals surface area (Å²) in [7, 11) is 0. The lowest BCUT2D eigenvalue weighted by Crippen LogP contribution is -2.30. The molecule has 2 aromatic rings. The summed E-state index contributed by atoms with van der Waals surface area (Å²) in [6.07, 6.45) is 1.62. The van der Waals surface area contributed by atoms with Crippen molar-refractivity contribution in [2.75, 3.05) is 13.1 Å². The van der Waals surface area contributed by atoms with Gasteiger partial charge in [-0.15, -0.1) is 0 Å². The molecular formula is C17H16N2O3. The van der Waals surface area contributed by atoms with E-state index in [9.17, 15) is 9.59 Å². The van der Waals surface area contributed by atoms with Gasteiger partial charge in [0, 0.05) is 18.5 Å². The number of benzene rings is 1. The van der Waals surface area contributed by atoms with Crippen molar-refractivity contribution < 1.29 is 14.0 Å². The Kier molecular flexibility index (Phi) is 5.82. The quantitative estimate of drug-likeness (QED) is 0.823. The maximum absolute atomic E-state index is 11.6. The first-order valence-electron chi connectivity index (χ1n) is 6.88. The average molecular weight is 296 g/mol. The normalized spacial score (nSPS) is 9.45. The molecule has 1 heterocycles. The van der Waals surface area contributed by atoms with E-state index in [1.165, 1.54) is 6.26 Å². The third-order valence-electron chi connectivity index (χ3n) is 2.76. The van der Waals surface area contributed by atoms with Crippen LogP contribution in [0.3, 0.4) is 0 Å². The molecule has 0 saturated heterocycles. The Labute approximate surface area is 128 Å². The Hall–Kier alpha value is -3.00. The lowest BCUT2D eigenvalue weighted by Gasteiger charge is -2.03. The number of nitrogens with one attached hydrogen (secondary N) is 2. The molecule has 2 amide bonds. The van der Waals surface area contributed by atoms with E-state index < -0.39 is 0 Å². The summed E-state index contributed by atoms with van der Waals surface area (Å²) >= 11 is 0. The van der Waals surface area contributed by atoms with Crippen molar-refractivity contribution in [1.82, 2.24) is 10.6 Å². The van der Waals surface area contributed by atoms with E-state index in [-0.39, 0.29) is 37.1 Å². The molecule has 0 fully saturated rings. The highest BCUT2D eigenvalue weighted by Gasteiger charge is 2.08. The second kappa shape index (κ2) is 8.32. The number of amides is 2. The summed E-state index contributed by atoms with van der Waals surface area (Å²) < 4.78 is 4.94. The first kappa shape index (κ1) is 15.4. The van der Waals surface area contributed by atoms with Gasteiger partial charge in [-0.25, -0.2) is 0 Å². The highest BCUT2D eigenvalue weighted by molar-refractivity contribution is 5.91. The van der Waals surface area contributed by atoms with Crippen LogP contribution in [0, 0.1) is 11.8 Å². The third kappa shape index (κ3) is 5.17. The van der Waals surface area contributed by atoms with E-state index in [2.05, 4.69) is 22.5 Å². The minimum absolute atomic E-state index is 0.165.